The third-order valence-corrected chi connectivity index (χ3v) is 3.96. The summed E-state index contributed by atoms with van der Waals surface area (Å²) in [6.07, 6.45) is 0.816. The van der Waals surface area contributed by atoms with Gasteiger partial charge in [0.25, 0.3) is 0 Å². The van der Waals surface area contributed by atoms with Crippen molar-refractivity contribution in [1.82, 2.24) is 5.32 Å². The van der Waals surface area contributed by atoms with Crippen LogP contribution in [0.25, 0.3) is 0 Å². The van der Waals surface area contributed by atoms with Crippen LogP contribution < -0.4 is 10.2 Å². The van der Waals surface area contributed by atoms with E-state index in [-0.39, 0.29) is 12.1 Å². The molecule has 2 N–H and O–H groups in total. The molecule has 0 amide bonds. The van der Waals surface area contributed by atoms with Gasteiger partial charge >= 0.3 is 0 Å². The van der Waals surface area contributed by atoms with Crippen LogP contribution in [0.4, 0.5) is 5.69 Å². The van der Waals surface area contributed by atoms with Gasteiger partial charge in [0, 0.05) is 37.0 Å². The van der Waals surface area contributed by atoms with Crippen molar-refractivity contribution in [2.45, 2.75) is 45.7 Å². The van der Waals surface area contributed by atoms with Crippen molar-refractivity contribution in [3.05, 3.63) is 29.3 Å². The van der Waals surface area contributed by atoms with Gasteiger partial charge in [-0.05, 0) is 51.3 Å². The van der Waals surface area contributed by atoms with E-state index in [0.29, 0.717) is 6.04 Å². The summed E-state index contributed by atoms with van der Waals surface area (Å²) in [5.74, 6) is 0. The zero-order chi connectivity index (χ0) is 14.0. The fourth-order valence-corrected chi connectivity index (χ4v) is 2.83. The van der Waals surface area contributed by atoms with Crippen LogP contribution in [0.15, 0.2) is 18.2 Å². The Balaban J connectivity index is 2.33. The van der Waals surface area contributed by atoms with Crippen LogP contribution in [-0.2, 0) is 0 Å². The number of nitrogens with zero attached hydrogens (tertiary/aromatic N) is 1. The van der Waals surface area contributed by atoms with E-state index >= 15 is 0 Å². The number of hydrogen-bond acceptors (Lipinski definition) is 3. The number of benzene rings is 1. The van der Waals surface area contributed by atoms with Crippen LogP contribution in [0.2, 0.25) is 0 Å². The second kappa shape index (κ2) is 5.51. The van der Waals surface area contributed by atoms with Gasteiger partial charge in [0.2, 0.25) is 0 Å². The molecule has 106 valence electrons. The minimum atomic E-state index is 0.113. The Morgan fingerprint density at radius 3 is 2.79 bits per heavy atom. The smallest absolute Gasteiger partial charge is 0.0451 e. The molecule has 0 radical (unpaired) electrons. The van der Waals surface area contributed by atoms with Crippen LogP contribution in [0.1, 0.15) is 31.4 Å². The molecule has 3 nitrogen and oxygen atoms in total. The SMILES string of the molecule is Cc1ccc(C)c(N2CC(C)(C)NCC2CCO)c1. The Labute approximate surface area is 116 Å². The molecule has 3 heteroatoms. The number of aliphatic hydroxyl groups is 1. The van der Waals surface area contributed by atoms with Gasteiger partial charge in [-0.15, -0.1) is 0 Å². The summed E-state index contributed by atoms with van der Waals surface area (Å²) in [5.41, 5.74) is 4.03. The first-order chi connectivity index (χ1) is 8.93. The summed E-state index contributed by atoms with van der Waals surface area (Å²) in [7, 11) is 0. The second-order valence-electron chi connectivity index (χ2n) is 6.35. The van der Waals surface area contributed by atoms with E-state index in [1.165, 1.54) is 16.8 Å². The maximum absolute atomic E-state index is 9.28. The Kier molecular flexibility index (Phi) is 4.16. The highest BCUT2D eigenvalue weighted by Crippen LogP contribution is 2.28. The fourth-order valence-electron chi connectivity index (χ4n) is 2.83. The highest BCUT2D eigenvalue weighted by Gasteiger charge is 2.32. The minimum absolute atomic E-state index is 0.113. The zero-order valence-corrected chi connectivity index (χ0v) is 12.5. The second-order valence-corrected chi connectivity index (χ2v) is 6.35. The van der Waals surface area contributed by atoms with Gasteiger partial charge in [-0.3, -0.25) is 0 Å². The molecule has 0 aromatic heterocycles. The molecule has 0 bridgehead atoms. The molecule has 1 heterocycles. The highest BCUT2D eigenvalue weighted by atomic mass is 16.3. The van der Waals surface area contributed by atoms with E-state index < -0.39 is 0 Å². The molecule has 0 saturated carbocycles. The van der Waals surface area contributed by atoms with Gasteiger partial charge < -0.3 is 15.3 Å². The van der Waals surface area contributed by atoms with Crippen molar-refractivity contribution < 1.29 is 5.11 Å². The molecule has 1 atom stereocenters. The lowest BCUT2D eigenvalue weighted by Gasteiger charge is -2.46. The van der Waals surface area contributed by atoms with Gasteiger partial charge in [0.15, 0.2) is 0 Å². The molecule has 1 saturated heterocycles. The van der Waals surface area contributed by atoms with Crippen molar-refractivity contribution in [2.24, 2.45) is 0 Å². The van der Waals surface area contributed by atoms with E-state index in [1.54, 1.807) is 0 Å². The van der Waals surface area contributed by atoms with Gasteiger partial charge in [0.1, 0.15) is 0 Å². The average molecular weight is 262 g/mol. The Hall–Kier alpha value is -1.06. The van der Waals surface area contributed by atoms with Crippen molar-refractivity contribution >= 4 is 5.69 Å². The molecular weight excluding hydrogens is 236 g/mol. The highest BCUT2D eigenvalue weighted by molar-refractivity contribution is 5.56. The minimum Gasteiger partial charge on any atom is -0.396 e. The van der Waals surface area contributed by atoms with Crippen molar-refractivity contribution in [3.63, 3.8) is 0 Å². The summed E-state index contributed by atoms with van der Waals surface area (Å²) in [6, 6.07) is 6.99. The molecule has 1 unspecified atom stereocenters. The first kappa shape index (κ1) is 14.4. The molecule has 1 aromatic carbocycles. The summed E-state index contributed by atoms with van der Waals surface area (Å²) >= 11 is 0. The number of anilines is 1. The molecule has 1 aromatic rings. The van der Waals surface area contributed by atoms with Crippen molar-refractivity contribution in [1.29, 1.82) is 0 Å². The standard InChI is InChI=1S/C16H26N2O/c1-12-5-6-13(2)15(9-12)18-11-16(3,4)17-10-14(18)7-8-19/h5-6,9,14,17,19H,7-8,10-11H2,1-4H3. The maximum Gasteiger partial charge on any atom is 0.0451 e. The molecule has 0 aliphatic carbocycles. The third kappa shape index (κ3) is 3.28. The molecule has 1 aliphatic heterocycles. The lowest BCUT2D eigenvalue weighted by molar-refractivity contribution is 0.241. The lowest BCUT2D eigenvalue weighted by Crippen LogP contribution is -2.62. The van der Waals surface area contributed by atoms with Crippen molar-refractivity contribution in [2.75, 3.05) is 24.6 Å². The largest absolute Gasteiger partial charge is 0.396 e. The van der Waals surface area contributed by atoms with Gasteiger partial charge in [-0.2, -0.15) is 0 Å². The number of hydrogen-bond donors (Lipinski definition) is 2. The predicted molar refractivity (Wildman–Crippen MR) is 80.8 cm³/mol. The van der Waals surface area contributed by atoms with E-state index in [9.17, 15) is 5.11 Å². The topological polar surface area (TPSA) is 35.5 Å². The summed E-state index contributed by atoms with van der Waals surface area (Å²) in [5, 5.41) is 12.9. The molecule has 0 spiro atoms. The summed E-state index contributed by atoms with van der Waals surface area (Å²) < 4.78 is 0. The third-order valence-electron chi connectivity index (χ3n) is 3.96. The van der Waals surface area contributed by atoms with Gasteiger partial charge in [0.05, 0.1) is 0 Å². The fraction of sp³-hybridized carbons (Fsp3) is 0.625. The zero-order valence-electron chi connectivity index (χ0n) is 12.5. The number of piperazine rings is 1. The average Bonchev–Trinajstić information content (AvgIpc) is 2.34. The van der Waals surface area contributed by atoms with Gasteiger partial charge in [-0.1, -0.05) is 12.1 Å². The quantitative estimate of drug-likeness (QED) is 0.877. The van der Waals surface area contributed by atoms with Crippen LogP contribution in [0.5, 0.6) is 0 Å². The number of aliphatic hydroxyl groups excluding tert-OH is 1. The normalized spacial score (nSPS) is 22.6. The molecule has 1 fully saturated rings. The molecule has 19 heavy (non-hydrogen) atoms. The number of rotatable bonds is 3. The van der Waals surface area contributed by atoms with Crippen LogP contribution in [0, 0.1) is 13.8 Å². The van der Waals surface area contributed by atoms with E-state index in [0.717, 1.165) is 19.5 Å². The van der Waals surface area contributed by atoms with E-state index in [2.05, 4.69) is 56.1 Å². The lowest BCUT2D eigenvalue weighted by atomic mass is 9.95. The van der Waals surface area contributed by atoms with Crippen LogP contribution in [-0.4, -0.2) is 36.4 Å². The Bertz CT molecular complexity index is 442. The summed E-state index contributed by atoms with van der Waals surface area (Å²) in [4.78, 5) is 2.47. The number of nitrogens with one attached hydrogen (secondary N) is 1. The molecule has 2 rings (SSSR count). The maximum atomic E-state index is 9.28. The predicted octanol–water partition coefficient (Wildman–Crippen LogP) is 2.24. The van der Waals surface area contributed by atoms with E-state index in [1.807, 2.05) is 0 Å². The Morgan fingerprint density at radius 1 is 1.37 bits per heavy atom. The monoisotopic (exact) mass is 262 g/mol. The molecular formula is C16H26N2O. The van der Waals surface area contributed by atoms with Gasteiger partial charge in [-0.25, -0.2) is 0 Å². The van der Waals surface area contributed by atoms with E-state index in [4.69, 9.17) is 0 Å². The molecule has 1 aliphatic rings. The number of aryl methyl sites for hydroxylation is 2. The first-order valence-electron chi connectivity index (χ1n) is 7.13. The first-order valence-corrected chi connectivity index (χ1v) is 7.13. The van der Waals surface area contributed by atoms with Crippen molar-refractivity contribution in [3.8, 4) is 0 Å². The van der Waals surface area contributed by atoms with Crippen LogP contribution in [0.3, 0.4) is 0 Å². The van der Waals surface area contributed by atoms with Crippen LogP contribution >= 0.6 is 0 Å². The summed E-state index contributed by atoms with van der Waals surface area (Å²) in [6.45, 7) is 10.9. The Morgan fingerprint density at radius 2 is 2.11 bits per heavy atom.